The molecule has 1 amide bonds. The van der Waals surface area contributed by atoms with E-state index in [0.717, 1.165) is 24.7 Å². The zero-order chi connectivity index (χ0) is 29.1. The number of carbonyl (C=O) groups excluding carboxylic acids is 1. The predicted molar refractivity (Wildman–Crippen MR) is 138 cm³/mol. The highest BCUT2D eigenvalue weighted by Crippen LogP contribution is 2.45. The standard InChI is InChI=1S/C27H26F4N8O2/c1-4-37-12-19(27(29,30)31)34-23(37)17-8-5-15(9-18(17)28)11-38-25(40)14(2)10-39-26(38)35-22(36-39)20-21(16-6-7-16)32-13-33-24(20)41-3/h5,8-9,12-14,16H,4,6-7,10-11H2,1-3H3/t14-/m1/s1. The number of anilines is 1. The van der Waals surface area contributed by atoms with E-state index < -0.39 is 23.6 Å². The highest BCUT2D eigenvalue weighted by Gasteiger charge is 2.37. The van der Waals surface area contributed by atoms with E-state index in [4.69, 9.17) is 4.74 Å². The van der Waals surface area contributed by atoms with Crippen LogP contribution in [-0.4, -0.2) is 47.3 Å². The molecule has 0 N–H and O–H groups in total. The fourth-order valence-corrected chi connectivity index (χ4v) is 5.06. The molecule has 0 radical (unpaired) electrons. The van der Waals surface area contributed by atoms with Crippen LogP contribution in [0, 0.1) is 11.7 Å². The Morgan fingerprint density at radius 1 is 1.15 bits per heavy atom. The number of ether oxygens (including phenoxy) is 1. The number of halogens is 4. The molecule has 2 aliphatic rings. The van der Waals surface area contributed by atoms with Crippen molar-refractivity contribution in [3.63, 3.8) is 0 Å². The highest BCUT2D eigenvalue weighted by atomic mass is 19.4. The molecular formula is C27H26F4N8O2. The van der Waals surface area contributed by atoms with Gasteiger partial charge in [-0.25, -0.2) is 24.0 Å². The summed E-state index contributed by atoms with van der Waals surface area (Å²) in [4.78, 5) is 31.7. The first-order chi connectivity index (χ1) is 19.6. The molecule has 14 heteroatoms. The van der Waals surface area contributed by atoms with Gasteiger partial charge in [-0.3, -0.25) is 9.69 Å². The van der Waals surface area contributed by atoms with E-state index in [1.165, 1.54) is 35.0 Å². The zero-order valence-corrected chi connectivity index (χ0v) is 22.5. The minimum Gasteiger partial charge on any atom is -0.480 e. The van der Waals surface area contributed by atoms with Crippen molar-refractivity contribution in [2.45, 2.75) is 58.4 Å². The smallest absolute Gasteiger partial charge is 0.434 e. The van der Waals surface area contributed by atoms with E-state index in [-0.39, 0.29) is 42.3 Å². The molecule has 0 spiro atoms. The van der Waals surface area contributed by atoms with Gasteiger partial charge >= 0.3 is 6.18 Å². The van der Waals surface area contributed by atoms with Gasteiger partial charge in [-0.1, -0.05) is 13.0 Å². The summed E-state index contributed by atoms with van der Waals surface area (Å²) in [5.74, 6) is -0.287. The van der Waals surface area contributed by atoms with Crippen LogP contribution in [-0.2, 0) is 30.6 Å². The van der Waals surface area contributed by atoms with E-state index in [2.05, 4.69) is 25.0 Å². The number of hydrogen-bond acceptors (Lipinski definition) is 7. The van der Waals surface area contributed by atoms with E-state index in [9.17, 15) is 18.0 Å². The molecule has 4 aromatic rings. The fraction of sp³-hybridized carbons (Fsp3) is 0.407. The van der Waals surface area contributed by atoms with E-state index in [1.807, 2.05) is 0 Å². The number of amides is 1. The van der Waals surface area contributed by atoms with Crippen LogP contribution in [0.2, 0.25) is 0 Å². The number of carbonyl (C=O) groups is 1. The van der Waals surface area contributed by atoms with Gasteiger partial charge in [-0.15, -0.1) is 5.10 Å². The van der Waals surface area contributed by atoms with Crippen LogP contribution in [0.1, 0.15) is 49.6 Å². The molecule has 10 nitrogen and oxygen atoms in total. The summed E-state index contributed by atoms with van der Waals surface area (Å²) in [6, 6.07) is 4.14. The number of alkyl halides is 3. The second kappa shape index (κ2) is 9.93. The SMILES string of the molecule is CCn1cc(C(F)(F)F)nc1-c1ccc(CN2C(=O)[C@H](C)Cn3nc(-c4c(OC)ncnc4C4CC4)nc32)cc1F. The van der Waals surface area contributed by atoms with Gasteiger partial charge in [0.1, 0.15) is 23.5 Å². The molecule has 0 bridgehead atoms. The first-order valence-electron chi connectivity index (χ1n) is 13.2. The average Bonchev–Trinajstić information content (AvgIpc) is 3.55. The van der Waals surface area contributed by atoms with E-state index >= 15 is 4.39 Å². The molecule has 0 saturated heterocycles. The zero-order valence-electron chi connectivity index (χ0n) is 22.5. The summed E-state index contributed by atoms with van der Waals surface area (Å²) in [6.45, 7) is 3.88. The number of aryl methyl sites for hydroxylation is 1. The molecule has 3 aromatic heterocycles. The predicted octanol–water partition coefficient (Wildman–Crippen LogP) is 4.85. The Hall–Kier alpha value is -4.36. The van der Waals surface area contributed by atoms with Crippen LogP contribution < -0.4 is 9.64 Å². The Morgan fingerprint density at radius 3 is 2.59 bits per heavy atom. The van der Waals surface area contributed by atoms with Crippen molar-refractivity contribution in [1.29, 1.82) is 0 Å². The summed E-state index contributed by atoms with van der Waals surface area (Å²) in [5, 5.41) is 4.66. The molecule has 1 atom stereocenters. The summed E-state index contributed by atoms with van der Waals surface area (Å²) in [7, 11) is 1.51. The van der Waals surface area contributed by atoms with Crippen molar-refractivity contribution in [3.8, 4) is 28.7 Å². The summed E-state index contributed by atoms with van der Waals surface area (Å²) in [5.41, 5.74) is 0.640. The van der Waals surface area contributed by atoms with Crippen LogP contribution in [0.25, 0.3) is 22.8 Å². The largest absolute Gasteiger partial charge is 0.480 e. The van der Waals surface area contributed by atoms with E-state index in [0.29, 0.717) is 29.4 Å². The van der Waals surface area contributed by atoms with Crippen molar-refractivity contribution in [1.82, 2.24) is 34.3 Å². The molecule has 41 heavy (non-hydrogen) atoms. The minimum atomic E-state index is -4.65. The van der Waals surface area contributed by atoms with Crippen molar-refractivity contribution >= 4 is 11.9 Å². The number of hydrogen-bond donors (Lipinski definition) is 0. The first-order valence-corrected chi connectivity index (χ1v) is 13.2. The normalized spacial score (nSPS) is 17.2. The first kappa shape index (κ1) is 26.8. The maximum absolute atomic E-state index is 15.3. The van der Waals surface area contributed by atoms with Crippen molar-refractivity contribution in [2.75, 3.05) is 12.0 Å². The van der Waals surface area contributed by atoms with Crippen LogP contribution in [0.5, 0.6) is 5.88 Å². The second-order valence-corrected chi connectivity index (χ2v) is 10.2. The molecule has 214 valence electrons. The lowest BCUT2D eigenvalue weighted by Crippen LogP contribution is -2.42. The molecule has 0 unspecified atom stereocenters. The third-order valence-corrected chi connectivity index (χ3v) is 7.27. The molecule has 1 fully saturated rings. The highest BCUT2D eigenvalue weighted by molar-refractivity contribution is 5.94. The second-order valence-electron chi connectivity index (χ2n) is 10.2. The van der Waals surface area contributed by atoms with Crippen molar-refractivity contribution in [2.24, 2.45) is 5.92 Å². The Kier molecular flexibility index (Phi) is 6.50. The minimum absolute atomic E-state index is 0.0214. The van der Waals surface area contributed by atoms with Gasteiger partial charge in [0.05, 0.1) is 37.4 Å². The molecule has 6 rings (SSSR count). The monoisotopic (exact) mass is 570 g/mol. The molecule has 1 aliphatic carbocycles. The quantitative estimate of drug-likeness (QED) is 0.293. The van der Waals surface area contributed by atoms with Gasteiger partial charge in [0.2, 0.25) is 17.7 Å². The maximum atomic E-state index is 15.3. The fourth-order valence-electron chi connectivity index (χ4n) is 5.06. The lowest BCUT2D eigenvalue weighted by molar-refractivity contribution is -0.140. The summed E-state index contributed by atoms with van der Waals surface area (Å²) >= 11 is 0. The van der Waals surface area contributed by atoms with Crippen LogP contribution in [0.4, 0.5) is 23.5 Å². The van der Waals surface area contributed by atoms with Crippen LogP contribution in [0.15, 0.2) is 30.7 Å². The Bertz CT molecular complexity index is 1640. The number of methoxy groups -OCH3 is 1. The van der Waals surface area contributed by atoms with Crippen molar-refractivity contribution in [3.05, 3.63) is 53.5 Å². The maximum Gasteiger partial charge on any atom is 0.434 e. The number of imidazole rings is 1. The Morgan fingerprint density at radius 2 is 1.93 bits per heavy atom. The third kappa shape index (κ3) is 4.80. The van der Waals surface area contributed by atoms with Gasteiger partial charge in [0.15, 0.2) is 11.5 Å². The number of rotatable bonds is 7. The van der Waals surface area contributed by atoms with E-state index in [1.54, 1.807) is 24.6 Å². The topological polar surface area (TPSA) is 104 Å². The molecule has 4 heterocycles. The lowest BCUT2D eigenvalue weighted by Gasteiger charge is -2.29. The summed E-state index contributed by atoms with van der Waals surface area (Å²) < 4.78 is 63.4. The van der Waals surface area contributed by atoms with Crippen LogP contribution in [0.3, 0.4) is 0 Å². The number of benzene rings is 1. The average molecular weight is 571 g/mol. The van der Waals surface area contributed by atoms with Gasteiger partial charge in [-0.05, 0) is 37.5 Å². The van der Waals surface area contributed by atoms with Gasteiger partial charge in [-0.2, -0.15) is 18.2 Å². The molecule has 1 saturated carbocycles. The summed E-state index contributed by atoms with van der Waals surface area (Å²) in [6.07, 6.45) is -0.373. The lowest BCUT2D eigenvalue weighted by atomic mass is 10.1. The third-order valence-electron chi connectivity index (χ3n) is 7.27. The van der Waals surface area contributed by atoms with Gasteiger partial charge in [0, 0.05) is 18.7 Å². The van der Waals surface area contributed by atoms with Crippen LogP contribution >= 0.6 is 0 Å². The molecule has 1 aliphatic heterocycles. The number of fused-ring (bicyclic) bond motifs is 1. The molecular weight excluding hydrogens is 544 g/mol. The number of nitrogens with zero attached hydrogens (tertiary/aromatic N) is 8. The van der Waals surface area contributed by atoms with Gasteiger partial charge in [0.25, 0.3) is 0 Å². The number of aromatic nitrogens is 7. The molecule has 1 aromatic carbocycles. The van der Waals surface area contributed by atoms with Gasteiger partial charge < -0.3 is 9.30 Å². The van der Waals surface area contributed by atoms with Crippen molar-refractivity contribution < 1.29 is 27.1 Å². The Labute approximate surface area is 232 Å². The Balaban J connectivity index is 1.34.